The minimum Gasteiger partial charge on any atom is -0.444 e. The van der Waals surface area contributed by atoms with Gasteiger partial charge < -0.3 is 20.3 Å². The van der Waals surface area contributed by atoms with Crippen molar-refractivity contribution in [3.05, 3.63) is 89.9 Å². The third-order valence-electron chi connectivity index (χ3n) is 8.07. The summed E-state index contributed by atoms with van der Waals surface area (Å²) in [6.07, 6.45) is 6.39. The molecule has 4 heterocycles. The van der Waals surface area contributed by atoms with Gasteiger partial charge in [0, 0.05) is 54.8 Å². The molecule has 0 bridgehead atoms. The van der Waals surface area contributed by atoms with Crippen LogP contribution >= 0.6 is 0 Å². The van der Waals surface area contributed by atoms with Crippen LogP contribution in [-0.2, 0) is 11.3 Å². The number of carbonyl (C=O) groups is 2. The Morgan fingerprint density at radius 1 is 1.00 bits per heavy atom. The fourth-order valence-corrected chi connectivity index (χ4v) is 5.69. The van der Waals surface area contributed by atoms with Crippen LogP contribution in [0, 0.1) is 0 Å². The molecule has 0 radical (unpaired) electrons. The highest BCUT2D eigenvalue weighted by Crippen LogP contribution is 2.26. The van der Waals surface area contributed by atoms with Gasteiger partial charge in [-0.25, -0.2) is 14.5 Å². The van der Waals surface area contributed by atoms with Crippen molar-refractivity contribution in [2.75, 3.05) is 18.4 Å². The van der Waals surface area contributed by atoms with E-state index < -0.39 is 11.7 Å². The number of carbonyl (C=O) groups excluding carboxylic acids is 2. The van der Waals surface area contributed by atoms with E-state index in [0.29, 0.717) is 55.5 Å². The minimum atomic E-state index is -0.558. The van der Waals surface area contributed by atoms with Crippen LogP contribution in [0.3, 0.4) is 0 Å². The highest BCUT2D eigenvalue weighted by molar-refractivity contribution is 5.95. The minimum absolute atomic E-state index is 0.0383. The van der Waals surface area contributed by atoms with E-state index in [1.54, 1.807) is 10.7 Å². The number of hydrogen-bond acceptors (Lipinski definition) is 8. The average molecular weight is 636 g/mol. The van der Waals surface area contributed by atoms with Gasteiger partial charge in [-0.2, -0.15) is 19.7 Å². The van der Waals surface area contributed by atoms with Crippen molar-refractivity contribution in [1.82, 2.24) is 39.6 Å². The fraction of sp³-hybridized carbons (Fsp3) is 0.371. The van der Waals surface area contributed by atoms with Crippen LogP contribution in [0.25, 0.3) is 22.7 Å². The van der Waals surface area contributed by atoms with E-state index in [9.17, 15) is 9.59 Å². The van der Waals surface area contributed by atoms with Crippen LogP contribution < -0.4 is 10.6 Å². The van der Waals surface area contributed by atoms with Gasteiger partial charge in [-0.15, -0.1) is 0 Å². The van der Waals surface area contributed by atoms with Gasteiger partial charge in [-0.3, -0.25) is 4.79 Å². The molecule has 1 aliphatic rings. The molecule has 2 amide bonds. The smallest absolute Gasteiger partial charge is 0.407 e. The van der Waals surface area contributed by atoms with Crippen LogP contribution in [0.5, 0.6) is 0 Å². The van der Waals surface area contributed by atoms with Gasteiger partial charge in [0.1, 0.15) is 5.60 Å². The lowest BCUT2D eigenvalue weighted by molar-refractivity contribution is 0.0473. The van der Waals surface area contributed by atoms with Crippen molar-refractivity contribution in [3.8, 4) is 17.1 Å². The second-order valence-electron chi connectivity index (χ2n) is 13.1. The molecule has 3 aromatic heterocycles. The number of nitrogens with zero attached hydrogens (tertiary/aromatic N) is 7. The van der Waals surface area contributed by atoms with E-state index in [-0.39, 0.29) is 17.9 Å². The number of hydrogen-bond donors (Lipinski definition) is 2. The van der Waals surface area contributed by atoms with Crippen molar-refractivity contribution in [1.29, 1.82) is 0 Å². The molecule has 12 nitrogen and oxygen atoms in total. The van der Waals surface area contributed by atoms with Crippen LogP contribution in [0.1, 0.15) is 74.9 Å². The van der Waals surface area contributed by atoms with E-state index in [1.807, 2.05) is 91.3 Å². The number of piperidine rings is 1. The number of alkyl carbamates (subject to hydrolysis) is 1. The average Bonchev–Trinajstić information content (AvgIpc) is 3.74. The monoisotopic (exact) mass is 635 g/mol. The molecule has 2 aromatic carbocycles. The van der Waals surface area contributed by atoms with Crippen molar-refractivity contribution >= 4 is 23.6 Å². The molecule has 5 aromatic rings. The summed E-state index contributed by atoms with van der Waals surface area (Å²) in [4.78, 5) is 37.5. The van der Waals surface area contributed by atoms with Gasteiger partial charge >= 0.3 is 6.09 Å². The molecule has 1 saturated heterocycles. The normalized spacial score (nSPS) is 14.0. The molecule has 0 aliphatic carbocycles. The Hall–Kier alpha value is -5.26. The quantitative estimate of drug-likeness (QED) is 0.217. The first-order chi connectivity index (χ1) is 22.6. The molecule has 0 saturated carbocycles. The summed E-state index contributed by atoms with van der Waals surface area (Å²) < 4.78 is 8.97. The highest BCUT2D eigenvalue weighted by atomic mass is 16.6. The highest BCUT2D eigenvalue weighted by Gasteiger charge is 2.27. The maximum atomic E-state index is 13.6. The Kier molecular flexibility index (Phi) is 8.93. The summed E-state index contributed by atoms with van der Waals surface area (Å²) in [7, 11) is 0. The Balaban J connectivity index is 1.22. The maximum absolute atomic E-state index is 13.6. The second-order valence-corrected chi connectivity index (χ2v) is 13.1. The number of fused-ring (bicyclic) bond motifs is 1. The third-order valence-corrected chi connectivity index (χ3v) is 8.07. The van der Waals surface area contributed by atoms with Gasteiger partial charge in [0.05, 0.1) is 11.9 Å². The van der Waals surface area contributed by atoms with Crippen molar-refractivity contribution in [2.24, 2.45) is 0 Å². The van der Waals surface area contributed by atoms with Gasteiger partial charge in [-0.1, -0.05) is 44.2 Å². The molecular weight excluding hydrogens is 594 g/mol. The van der Waals surface area contributed by atoms with Crippen LogP contribution in [0.2, 0.25) is 0 Å². The first-order valence-corrected chi connectivity index (χ1v) is 16.0. The zero-order valence-electron chi connectivity index (χ0n) is 27.5. The number of likely N-dealkylation sites (tertiary alicyclic amines) is 1. The first kappa shape index (κ1) is 31.7. The number of aromatic nitrogens is 6. The van der Waals surface area contributed by atoms with Gasteiger partial charge in [-0.05, 0) is 69.4 Å². The van der Waals surface area contributed by atoms with E-state index in [4.69, 9.17) is 14.7 Å². The molecular formula is C35H41N9O3. The maximum Gasteiger partial charge on any atom is 0.407 e. The van der Waals surface area contributed by atoms with Gasteiger partial charge in [0.15, 0.2) is 11.5 Å². The molecule has 0 spiro atoms. The van der Waals surface area contributed by atoms with Crippen LogP contribution in [-0.4, -0.2) is 71.0 Å². The van der Waals surface area contributed by atoms with Crippen molar-refractivity contribution < 1.29 is 14.3 Å². The Labute approximate surface area is 274 Å². The number of nitrogens with one attached hydrogen (secondary N) is 2. The summed E-state index contributed by atoms with van der Waals surface area (Å²) in [6.45, 7) is 11.3. The molecule has 1 aliphatic heterocycles. The van der Waals surface area contributed by atoms with E-state index in [2.05, 4.69) is 40.7 Å². The molecule has 244 valence electrons. The van der Waals surface area contributed by atoms with E-state index in [0.717, 1.165) is 22.4 Å². The number of benzene rings is 2. The molecule has 47 heavy (non-hydrogen) atoms. The van der Waals surface area contributed by atoms with Gasteiger partial charge in [0.25, 0.3) is 5.91 Å². The standard InChI is InChI=1S/C35H41N9O3/c1-23(2)28-22-38-44-31(28)40-30(41-33(44)36-21-26-10-6-7-13-29(26)43-17-9-16-37-43)24-11-8-12-25(20-24)32(45)42-18-14-27(15-19-42)39-34(46)47-35(3,4)5/h6-13,16-17,20,22-23,27H,14-15,18-19,21H2,1-5H3,(H,39,46)(H,36,40,41). The Bertz CT molecular complexity index is 1870. The molecule has 0 atom stereocenters. The summed E-state index contributed by atoms with van der Waals surface area (Å²) in [5, 5.41) is 15.4. The summed E-state index contributed by atoms with van der Waals surface area (Å²) in [5.41, 5.74) is 4.46. The Morgan fingerprint density at radius 3 is 2.51 bits per heavy atom. The lowest BCUT2D eigenvalue weighted by atomic mass is 10.0. The lowest BCUT2D eigenvalue weighted by Crippen LogP contribution is -2.47. The van der Waals surface area contributed by atoms with Crippen LogP contribution in [0.15, 0.2) is 73.2 Å². The summed E-state index contributed by atoms with van der Waals surface area (Å²) in [6, 6.07) is 17.4. The number of amides is 2. The zero-order chi connectivity index (χ0) is 33.1. The largest absolute Gasteiger partial charge is 0.444 e. The van der Waals surface area contributed by atoms with Crippen molar-refractivity contribution in [3.63, 3.8) is 0 Å². The first-order valence-electron chi connectivity index (χ1n) is 16.0. The molecule has 1 fully saturated rings. The molecule has 12 heteroatoms. The lowest BCUT2D eigenvalue weighted by Gasteiger charge is -2.33. The molecule has 6 rings (SSSR count). The van der Waals surface area contributed by atoms with E-state index in [1.165, 1.54) is 0 Å². The Morgan fingerprint density at radius 2 is 1.79 bits per heavy atom. The summed E-state index contributed by atoms with van der Waals surface area (Å²) in [5.74, 6) is 1.18. The van der Waals surface area contributed by atoms with Gasteiger partial charge in [0.2, 0.25) is 5.95 Å². The number of rotatable bonds is 8. The van der Waals surface area contributed by atoms with Crippen LogP contribution in [0.4, 0.5) is 10.7 Å². The number of anilines is 1. The molecule has 0 unspecified atom stereocenters. The topological polar surface area (TPSA) is 132 Å². The number of para-hydroxylation sites is 1. The predicted octanol–water partition coefficient (Wildman–Crippen LogP) is 5.84. The zero-order valence-corrected chi connectivity index (χ0v) is 27.5. The van der Waals surface area contributed by atoms with Crippen molar-refractivity contribution in [2.45, 2.75) is 71.6 Å². The summed E-state index contributed by atoms with van der Waals surface area (Å²) >= 11 is 0. The second kappa shape index (κ2) is 13.2. The molecule has 2 N–H and O–H groups in total. The SMILES string of the molecule is CC(C)c1cnn2c(NCc3ccccc3-n3cccn3)nc(-c3cccc(C(=O)N4CCC(NC(=O)OC(C)(C)C)CC4)c3)nc12. The fourth-order valence-electron chi connectivity index (χ4n) is 5.69. The third kappa shape index (κ3) is 7.26. The predicted molar refractivity (Wildman–Crippen MR) is 179 cm³/mol. The van der Waals surface area contributed by atoms with E-state index >= 15 is 0 Å². The number of ether oxygens (including phenoxy) is 1.